The topological polar surface area (TPSA) is 93.7 Å². The van der Waals surface area contributed by atoms with Crippen LogP contribution in [0.5, 0.6) is 11.5 Å². The highest BCUT2D eigenvalue weighted by molar-refractivity contribution is 7.92. The molecule has 32 heavy (non-hydrogen) atoms. The summed E-state index contributed by atoms with van der Waals surface area (Å²) >= 11 is 5.87. The van der Waals surface area contributed by atoms with Crippen LogP contribution in [-0.4, -0.2) is 28.0 Å². The van der Waals surface area contributed by atoms with Gasteiger partial charge in [-0.2, -0.15) is 0 Å². The molecule has 0 unspecified atom stereocenters. The van der Waals surface area contributed by atoms with E-state index in [2.05, 4.69) is 10.0 Å². The number of benzene rings is 3. The quantitative estimate of drug-likeness (QED) is 0.467. The van der Waals surface area contributed by atoms with Crippen LogP contribution < -0.4 is 19.5 Å². The van der Waals surface area contributed by atoms with Gasteiger partial charge in [-0.3, -0.25) is 9.52 Å². The molecule has 0 aliphatic carbocycles. The first-order valence-electron chi connectivity index (χ1n) is 9.78. The first kappa shape index (κ1) is 23.4. The van der Waals surface area contributed by atoms with Crippen LogP contribution in [0, 0.1) is 0 Å². The summed E-state index contributed by atoms with van der Waals surface area (Å²) in [6.07, 6.45) is 0.0989. The van der Waals surface area contributed by atoms with E-state index in [9.17, 15) is 13.2 Å². The summed E-state index contributed by atoms with van der Waals surface area (Å²) in [6.45, 7) is 2.38. The third-order valence-corrected chi connectivity index (χ3v) is 6.08. The molecule has 1 amide bonds. The Labute approximate surface area is 192 Å². The largest absolute Gasteiger partial charge is 0.495 e. The Morgan fingerprint density at radius 2 is 1.69 bits per heavy atom. The van der Waals surface area contributed by atoms with Gasteiger partial charge in [0.2, 0.25) is 5.91 Å². The van der Waals surface area contributed by atoms with Crippen molar-refractivity contribution in [1.82, 2.24) is 0 Å². The Kier molecular flexibility index (Phi) is 7.61. The van der Waals surface area contributed by atoms with Crippen molar-refractivity contribution in [3.05, 3.63) is 77.3 Å². The van der Waals surface area contributed by atoms with Crippen molar-refractivity contribution in [1.29, 1.82) is 0 Å². The standard InChI is InChI=1S/C23H23ClN2O5S/c1-3-31-19-10-8-18(9-11-19)26-32(28,29)20-12-13-22(30-2)21(15-20)25-23(27)14-16-4-6-17(24)7-5-16/h4-13,15,26H,3,14H2,1-2H3,(H,25,27). The van der Waals surface area contributed by atoms with Gasteiger partial charge < -0.3 is 14.8 Å². The Morgan fingerprint density at radius 3 is 2.31 bits per heavy atom. The minimum Gasteiger partial charge on any atom is -0.495 e. The number of rotatable bonds is 9. The number of sulfonamides is 1. The van der Waals surface area contributed by atoms with Gasteiger partial charge in [0.15, 0.2) is 0 Å². The van der Waals surface area contributed by atoms with Gasteiger partial charge in [-0.05, 0) is 67.1 Å². The highest BCUT2D eigenvalue weighted by atomic mass is 35.5. The average Bonchev–Trinajstić information content (AvgIpc) is 2.76. The maximum Gasteiger partial charge on any atom is 0.261 e. The summed E-state index contributed by atoms with van der Waals surface area (Å²) in [7, 11) is -2.46. The van der Waals surface area contributed by atoms with Crippen molar-refractivity contribution >= 4 is 38.9 Å². The molecule has 0 saturated carbocycles. The predicted octanol–water partition coefficient (Wildman–Crippen LogP) is 4.73. The van der Waals surface area contributed by atoms with Crippen LogP contribution in [0.2, 0.25) is 5.02 Å². The molecule has 9 heteroatoms. The normalized spacial score (nSPS) is 11.0. The number of anilines is 2. The molecule has 168 valence electrons. The van der Waals surface area contributed by atoms with Gasteiger partial charge in [0.1, 0.15) is 11.5 Å². The molecule has 0 bridgehead atoms. The maximum atomic E-state index is 12.9. The molecule has 0 aromatic heterocycles. The smallest absolute Gasteiger partial charge is 0.261 e. The number of hydrogen-bond donors (Lipinski definition) is 2. The molecule has 0 fully saturated rings. The first-order chi connectivity index (χ1) is 15.3. The van der Waals surface area contributed by atoms with E-state index in [1.54, 1.807) is 48.5 Å². The molecular formula is C23H23ClN2O5S. The second-order valence-electron chi connectivity index (χ2n) is 6.78. The summed E-state index contributed by atoms with van der Waals surface area (Å²) in [6, 6.07) is 17.7. The van der Waals surface area contributed by atoms with Gasteiger partial charge in [-0.15, -0.1) is 0 Å². The zero-order valence-electron chi connectivity index (χ0n) is 17.6. The highest BCUT2D eigenvalue weighted by Crippen LogP contribution is 2.29. The number of carbonyl (C=O) groups excluding carboxylic acids is 1. The van der Waals surface area contributed by atoms with Crippen LogP contribution in [0.4, 0.5) is 11.4 Å². The minimum atomic E-state index is -3.90. The van der Waals surface area contributed by atoms with Crippen molar-refractivity contribution in [3.8, 4) is 11.5 Å². The van der Waals surface area contributed by atoms with E-state index in [-0.39, 0.29) is 22.9 Å². The SMILES string of the molecule is CCOc1ccc(NS(=O)(=O)c2ccc(OC)c(NC(=O)Cc3ccc(Cl)cc3)c2)cc1. The molecule has 0 aliphatic heterocycles. The molecule has 3 aromatic carbocycles. The molecule has 0 atom stereocenters. The molecular weight excluding hydrogens is 452 g/mol. The Hall–Kier alpha value is -3.23. The Balaban J connectivity index is 1.77. The number of carbonyl (C=O) groups is 1. The monoisotopic (exact) mass is 474 g/mol. The Morgan fingerprint density at radius 1 is 1.00 bits per heavy atom. The number of nitrogens with one attached hydrogen (secondary N) is 2. The van der Waals surface area contributed by atoms with Gasteiger partial charge >= 0.3 is 0 Å². The molecule has 3 rings (SSSR count). The third-order valence-electron chi connectivity index (χ3n) is 4.45. The molecule has 2 N–H and O–H groups in total. The lowest BCUT2D eigenvalue weighted by Crippen LogP contribution is -2.17. The second-order valence-corrected chi connectivity index (χ2v) is 8.90. The van der Waals surface area contributed by atoms with Crippen molar-refractivity contribution < 1.29 is 22.7 Å². The van der Waals surface area contributed by atoms with E-state index in [1.807, 2.05) is 6.92 Å². The van der Waals surface area contributed by atoms with Crippen molar-refractivity contribution in [3.63, 3.8) is 0 Å². The molecule has 0 radical (unpaired) electrons. The predicted molar refractivity (Wildman–Crippen MR) is 125 cm³/mol. The lowest BCUT2D eigenvalue weighted by Gasteiger charge is -2.14. The molecule has 0 aliphatic rings. The fourth-order valence-corrected chi connectivity index (χ4v) is 4.14. The van der Waals surface area contributed by atoms with Crippen molar-refractivity contribution in [2.75, 3.05) is 23.8 Å². The van der Waals surface area contributed by atoms with Crippen LogP contribution >= 0.6 is 11.6 Å². The summed E-state index contributed by atoms with van der Waals surface area (Å²) in [5.41, 5.74) is 1.41. The fraction of sp³-hybridized carbons (Fsp3) is 0.174. The molecule has 0 heterocycles. The number of hydrogen-bond acceptors (Lipinski definition) is 5. The van der Waals surface area contributed by atoms with Gasteiger partial charge in [-0.1, -0.05) is 23.7 Å². The van der Waals surface area contributed by atoms with Crippen LogP contribution in [0.3, 0.4) is 0 Å². The number of amides is 1. The van der Waals surface area contributed by atoms with E-state index in [0.29, 0.717) is 28.8 Å². The number of halogens is 1. The van der Waals surface area contributed by atoms with Gasteiger partial charge in [0, 0.05) is 10.7 Å². The molecule has 7 nitrogen and oxygen atoms in total. The van der Waals surface area contributed by atoms with Gasteiger partial charge in [0.25, 0.3) is 10.0 Å². The third kappa shape index (κ3) is 6.15. The van der Waals surface area contributed by atoms with E-state index < -0.39 is 10.0 Å². The van der Waals surface area contributed by atoms with E-state index >= 15 is 0 Å². The summed E-state index contributed by atoms with van der Waals surface area (Å²) in [5.74, 6) is 0.666. The van der Waals surface area contributed by atoms with Crippen molar-refractivity contribution in [2.24, 2.45) is 0 Å². The van der Waals surface area contributed by atoms with E-state index in [4.69, 9.17) is 21.1 Å². The molecule has 3 aromatic rings. The summed E-state index contributed by atoms with van der Waals surface area (Å²) < 4.78 is 38.9. The maximum absolute atomic E-state index is 12.9. The number of methoxy groups -OCH3 is 1. The second kappa shape index (κ2) is 10.4. The zero-order valence-corrected chi connectivity index (χ0v) is 19.2. The number of ether oxygens (including phenoxy) is 2. The first-order valence-corrected chi connectivity index (χ1v) is 11.6. The lowest BCUT2D eigenvalue weighted by atomic mass is 10.1. The molecule has 0 spiro atoms. The summed E-state index contributed by atoms with van der Waals surface area (Å²) in [5, 5.41) is 3.29. The van der Waals surface area contributed by atoms with Crippen LogP contribution in [-0.2, 0) is 21.2 Å². The van der Waals surface area contributed by atoms with Gasteiger partial charge in [-0.25, -0.2) is 8.42 Å². The minimum absolute atomic E-state index is 0.0195. The zero-order chi connectivity index (χ0) is 23.1. The van der Waals surface area contributed by atoms with E-state index in [0.717, 1.165) is 5.56 Å². The molecule has 0 saturated heterocycles. The van der Waals surface area contributed by atoms with Crippen LogP contribution in [0.25, 0.3) is 0 Å². The van der Waals surface area contributed by atoms with E-state index in [1.165, 1.54) is 25.3 Å². The highest BCUT2D eigenvalue weighted by Gasteiger charge is 2.18. The van der Waals surface area contributed by atoms with Crippen LogP contribution in [0.1, 0.15) is 12.5 Å². The lowest BCUT2D eigenvalue weighted by molar-refractivity contribution is -0.115. The average molecular weight is 475 g/mol. The van der Waals surface area contributed by atoms with Crippen molar-refractivity contribution in [2.45, 2.75) is 18.2 Å². The Bertz CT molecular complexity index is 1180. The van der Waals surface area contributed by atoms with Crippen LogP contribution in [0.15, 0.2) is 71.6 Å². The summed E-state index contributed by atoms with van der Waals surface area (Å²) in [4.78, 5) is 12.5. The van der Waals surface area contributed by atoms with Gasteiger partial charge in [0.05, 0.1) is 30.7 Å². The fourth-order valence-electron chi connectivity index (χ4n) is 2.93.